The van der Waals surface area contributed by atoms with Gasteiger partial charge in [0.2, 0.25) is 0 Å². The number of nitrogens with zero attached hydrogens (tertiary/aromatic N) is 1. The van der Waals surface area contributed by atoms with E-state index in [1.54, 1.807) is 24.7 Å². The molecule has 0 amide bonds. The van der Waals surface area contributed by atoms with Crippen molar-refractivity contribution in [2.45, 2.75) is 0 Å². The normalized spacial score (nSPS) is 10.5. The summed E-state index contributed by atoms with van der Waals surface area (Å²) >= 11 is 10.1. The molecule has 2 rings (SSSR count). The second-order valence-electron chi connectivity index (χ2n) is 3.69. The predicted octanol–water partition coefficient (Wildman–Crippen LogP) is 3.84. The Morgan fingerprint density at radius 3 is 2.95 bits per heavy atom. The lowest BCUT2D eigenvalue weighted by Gasteiger charge is -2.10. The fourth-order valence-electron chi connectivity index (χ4n) is 1.45. The van der Waals surface area contributed by atoms with Crippen LogP contribution in [0.1, 0.15) is 4.88 Å². The molecule has 0 aliphatic heterocycles. The third-order valence-electron chi connectivity index (χ3n) is 2.30. The number of thiophene rings is 1. The molecule has 7 heteroatoms. The van der Waals surface area contributed by atoms with E-state index in [2.05, 4.69) is 31.8 Å². The number of para-hydroxylation sites is 2. The summed E-state index contributed by atoms with van der Waals surface area (Å²) in [7, 11) is 1.61. The van der Waals surface area contributed by atoms with Crippen LogP contribution in [0.3, 0.4) is 0 Å². The number of hydrazone groups is 1. The molecule has 1 aromatic heterocycles. The van der Waals surface area contributed by atoms with E-state index in [0.29, 0.717) is 5.11 Å². The molecular weight excluding hydrogens is 358 g/mol. The van der Waals surface area contributed by atoms with Crippen molar-refractivity contribution in [3.05, 3.63) is 45.1 Å². The third-order valence-corrected chi connectivity index (χ3v) is 4.12. The molecular formula is C13H12BrN3OS2. The SMILES string of the molecule is COc1ccccc1NC(=S)N/N=C\c1cc(Br)cs1. The van der Waals surface area contributed by atoms with E-state index in [1.807, 2.05) is 35.7 Å². The highest BCUT2D eigenvalue weighted by atomic mass is 79.9. The van der Waals surface area contributed by atoms with Crippen molar-refractivity contribution in [3.8, 4) is 5.75 Å². The fraction of sp³-hybridized carbons (Fsp3) is 0.0769. The number of hydrogen-bond acceptors (Lipinski definition) is 4. The Balaban J connectivity index is 1.91. The Bertz CT molecular complexity index is 628. The zero-order valence-corrected chi connectivity index (χ0v) is 13.8. The Morgan fingerprint density at radius 1 is 1.45 bits per heavy atom. The quantitative estimate of drug-likeness (QED) is 0.488. The minimum absolute atomic E-state index is 0.404. The fourth-order valence-corrected chi connectivity index (χ4v) is 2.92. The van der Waals surface area contributed by atoms with Gasteiger partial charge in [-0.2, -0.15) is 5.10 Å². The average Bonchev–Trinajstić information content (AvgIpc) is 2.85. The number of benzene rings is 1. The lowest BCUT2D eigenvalue weighted by molar-refractivity contribution is 0.417. The van der Waals surface area contributed by atoms with Crippen molar-refractivity contribution in [2.24, 2.45) is 5.10 Å². The summed E-state index contributed by atoms with van der Waals surface area (Å²) in [6.45, 7) is 0. The van der Waals surface area contributed by atoms with Gasteiger partial charge >= 0.3 is 0 Å². The summed E-state index contributed by atoms with van der Waals surface area (Å²) in [5.41, 5.74) is 3.56. The number of thiocarbonyl (C=S) groups is 1. The standard InChI is InChI=1S/C13H12BrN3OS2/c1-18-12-5-3-2-4-11(12)16-13(19)17-15-7-10-6-9(14)8-20-10/h2-8H,1H3,(H2,16,17,19)/b15-7-. The molecule has 20 heavy (non-hydrogen) atoms. The lowest BCUT2D eigenvalue weighted by Crippen LogP contribution is -2.24. The van der Waals surface area contributed by atoms with Crippen LogP contribution >= 0.6 is 39.5 Å². The Labute approximate surface area is 135 Å². The van der Waals surface area contributed by atoms with Gasteiger partial charge in [0.15, 0.2) is 5.11 Å². The number of hydrogen-bond donors (Lipinski definition) is 2. The van der Waals surface area contributed by atoms with Gasteiger partial charge in [-0.05, 0) is 46.3 Å². The van der Waals surface area contributed by atoms with Crippen molar-refractivity contribution >= 4 is 56.5 Å². The van der Waals surface area contributed by atoms with Gasteiger partial charge in [-0.1, -0.05) is 12.1 Å². The molecule has 0 atom stereocenters. The maximum atomic E-state index is 5.23. The topological polar surface area (TPSA) is 45.6 Å². The summed E-state index contributed by atoms with van der Waals surface area (Å²) in [6.07, 6.45) is 1.71. The summed E-state index contributed by atoms with van der Waals surface area (Å²) in [6, 6.07) is 9.52. The second-order valence-corrected chi connectivity index (χ2v) is 5.96. The van der Waals surface area contributed by atoms with Crippen LogP contribution in [0.5, 0.6) is 5.75 Å². The minimum Gasteiger partial charge on any atom is -0.495 e. The van der Waals surface area contributed by atoms with Gasteiger partial charge in [0.25, 0.3) is 0 Å². The molecule has 0 saturated heterocycles. The van der Waals surface area contributed by atoms with Crippen LogP contribution in [-0.2, 0) is 0 Å². The highest BCUT2D eigenvalue weighted by molar-refractivity contribution is 9.10. The van der Waals surface area contributed by atoms with E-state index in [9.17, 15) is 0 Å². The van der Waals surface area contributed by atoms with Crippen LogP contribution in [-0.4, -0.2) is 18.4 Å². The molecule has 0 saturated carbocycles. The highest BCUT2D eigenvalue weighted by Gasteiger charge is 2.02. The van der Waals surface area contributed by atoms with E-state index >= 15 is 0 Å². The van der Waals surface area contributed by atoms with Gasteiger partial charge in [0.1, 0.15) is 5.75 Å². The van der Waals surface area contributed by atoms with Crippen LogP contribution < -0.4 is 15.5 Å². The molecule has 2 N–H and O–H groups in total. The highest BCUT2D eigenvalue weighted by Crippen LogP contribution is 2.22. The first-order valence-corrected chi connectivity index (χ1v) is 7.74. The predicted molar refractivity (Wildman–Crippen MR) is 92.0 cm³/mol. The summed E-state index contributed by atoms with van der Waals surface area (Å²) in [4.78, 5) is 1.03. The number of methoxy groups -OCH3 is 1. The Hall–Kier alpha value is -1.44. The van der Waals surface area contributed by atoms with Crippen molar-refractivity contribution in [1.29, 1.82) is 0 Å². The van der Waals surface area contributed by atoms with Crippen LogP contribution in [0.2, 0.25) is 0 Å². The van der Waals surface area contributed by atoms with Crippen molar-refractivity contribution < 1.29 is 4.74 Å². The first kappa shape index (κ1) is 15.0. The van der Waals surface area contributed by atoms with Crippen molar-refractivity contribution in [1.82, 2.24) is 5.43 Å². The van der Waals surface area contributed by atoms with Crippen molar-refractivity contribution in [3.63, 3.8) is 0 Å². The van der Waals surface area contributed by atoms with Crippen LogP contribution in [0.4, 0.5) is 5.69 Å². The Morgan fingerprint density at radius 2 is 2.25 bits per heavy atom. The smallest absolute Gasteiger partial charge is 0.191 e. The number of rotatable bonds is 4. The number of anilines is 1. The molecule has 0 aliphatic rings. The van der Waals surface area contributed by atoms with E-state index in [0.717, 1.165) is 20.8 Å². The largest absolute Gasteiger partial charge is 0.495 e. The van der Waals surface area contributed by atoms with Gasteiger partial charge in [0, 0.05) is 14.7 Å². The van der Waals surface area contributed by atoms with E-state index in [-0.39, 0.29) is 0 Å². The summed E-state index contributed by atoms with van der Waals surface area (Å²) in [5, 5.41) is 9.50. The minimum atomic E-state index is 0.404. The van der Waals surface area contributed by atoms with Crippen LogP contribution in [0.25, 0.3) is 0 Å². The van der Waals surface area contributed by atoms with Gasteiger partial charge in [-0.3, -0.25) is 5.43 Å². The summed E-state index contributed by atoms with van der Waals surface area (Å²) < 4.78 is 6.27. The molecule has 0 bridgehead atoms. The van der Waals surface area contributed by atoms with E-state index < -0.39 is 0 Å². The second kappa shape index (κ2) is 7.37. The maximum absolute atomic E-state index is 5.23. The van der Waals surface area contributed by atoms with Gasteiger partial charge in [-0.25, -0.2) is 0 Å². The molecule has 0 spiro atoms. The molecule has 2 aromatic rings. The number of nitrogens with one attached hydrogen (secondary N) is 2. The molecule has 4 nitrogen and oxygen atoms in total. The molecule has 0 radical (unpaired) electrons. The zero-order valence-electron chi connectivity index (χ0n) is 10.6. The average molecular weight is 370 g/mol. The van der Waals surface area contributed by atoms with Crippen LogP contribution in [0.15, 0.2) is 45.3 Å². The molecule has 0 fully saturated rings. The Kier molecular flexibility index (Phi) is 5.51. The third kappa shape index (κ3) is 4.29. The number of ether oxygens (including phenoxy) is 1. The monoisotopic (exact) mass is 369 g/mol. The van der Waals surface area contributed by atoms with Gasteiger partial charge < -0.3 is 10.1 Å². The first-order valence-electron chi connectivity index (χ1n) is 5.66. The van der Waals surface area contributed by atoms with Crippen molar-refractivity contribution in [2.75, 3.05) is 12.4 Å². The molecule has 1 heterocycles. The van der Waals surface area contributed by atoms with E-state index in [4.69, 9.17) is 17.0 Å². The van der Waals surface area contributed by atoms with Gasteiger partial charge in [0.05, 0.1) is 19.0 Å². The summed E-state index contributed by atoms with van der Waals surface area (Å²) in [5.74, 6) is 0.725. The molecule has 0 unspecified atom stereocenters. The molecule has 104 valence electrons. The number of halogens is 1. The molecule has 1 aromatic carbocycles. The van der Waals surface area contributed by atoms with Gasteiger partial charge in [-0.15, -0.1) is 11.3 Å². The lowest BCUT2D eigenvalue weighted by atomic mass is 10.3. The maximum Gasteiger partial charge on any atom is 0.191 e. The van der Waals surface area contributed by atoms with Crippen LogP contribution in [0, 0.1) is 0 Å². The molecule has 0 aliphatic carbocycles. The van der Waals surface area contributed by atoms with E-state index in [1.165, 1.54) is 0 Å². The zero-order chi connectivity index (χ0) is 14.4. The first-order chi connectivity index (χ1) is 9.69.